The summed E-state index contributed by atoms with van der Waals surface area (Å²) in [5.41, 5.74) is 0. The van der Waals surface area contributed by atoms with Crippen LogP contribution in [0.5, 0.6) is 0 Å². The molecule has 0 aromatic carbocycles. The van der Waals surface area contributed by atoms with Crippen LogP contribution in [-0.4, -0.2) is 38.4 Å². The lowest BCUT2D eigenvalue weighted by atomic mass is 9.93. The van der Waals surface area contributed by atoms with Gasteiger partial charge in [-0.05, 0) is 18.9 Å². The molecular weight excluding hydrogens is 254 g/mol. The maximum Gasteiger partial charge on any atom is 0.225 e. The smallest absolute Gasteiger partial charge is 0.225 e. The highest BCUT2D eigenvalue weighted by molar-refractivity contribution is 5.95. The number of anilines is 1. The summed E-state index contributed by atoms with van der Waals surface area (Å²) in [5.74, 6) is 1.31. The molecule has 1 aliphatic rings. The Bertz CT molecular complexity index is 595. The van der Waals surface area contributed by atoms with Gasteiger partial charge in [0, 0.05) is 50.8 Å². The van der Waals surface area contributed by atoms with Crippen molar-refractivity contribution in [3.8, 4) is 0 Å². The van der Waals surface area contributed by atoms with Gasteiger partial charge in [-0.15, -0.1) is 0 Å². The summed E-state index contributed by atoms with van der Waals surface area (Å²) in [7, 11) is 1.85. The molecule has 0 amide bonds. The minimum atomic E-state index is -0.0337. The van der Waals surface area contributed by atoms with Gasteiger partial charge in [-0.2, -0.15) is 0 Å². The first-order valence-electron chi connectivity index (χ1n) is 6.79. The fraction of sp³-hybridized carbons (Fsp3) is 0.429. The summed E-state index contributed by atoms with van der Waals surface area (Å²) in [5, 5.41) is 0. The van der Waals surface area contributed by atoms with Crippen LogP contribution in [0.1, 0.15) is 23.5 Å². The van der Waals surface area contributed by atoms with E-state index >= 15 is 0 Å². The van der Waals surface area contributed by atoms with E-state index in [0.717, 1.165) is 19.4 Å². The molecule has 1 saturated heterocycles. The van der Waals surface area contributed by atoms with E-state index in [0.29, 0.717) is 18.3 Å². The number of Topliss-reactive ketones (excluding diaryl/α,β-unsaturated/α-hetero) is 1. The second kappa shape index (κ2) is 5.40. The Morgan fingerprint density at radius 2 is 2.05 bits per heavy atom. The average molecular weight is 271 g/mol. The van der Waals surface area contributed by atoms with Crippen LogP contribution in [-0.2, 0) is 7.05 Å². The summed E-state index contributed by atoms with van der Waals surface area (Å²) in [6.07, 6.45) is 8.79. The number of rotatable bonds is 3. The average Bonchev–Trinajstić information content (AvgIpc) is 2.94. The molecule has 0 spiro atoms. The van der Waals surface area contributed by atoms with E-state index in [1.165, 1.54) is 0 Å². The zero-order valence-electron chi connectivity index (χ0n) is 11.4. The number of imidazole rings is 1. The van der Waals surface area contributed by atoms with Gasteiger partial charge in [-0.3, -0.25) is 4.79 Å². The second-order valence-electron chi connectivity index (χ2n) is 5.06. The molecule has 0 aliphatic carbocycles. The number of aryl methyl sites for hydroxylation is 1. The van der Waals surface area contributed by atoms with E-state index in [-0.39, 0.29) is 11.7 Å². The molecule has 0 N–H and O–H groups in total. The summed E-state index contributed by atoms with van der Waals surface area (Å²) in [6, 6.07) is 1.80. The topological polar surface area (TPSA) is 63.9 Å². The van der Waals surface area contributed by atoms with Crippen molar-refractivity contribution in [1.82, 2.24) is 19.5 Å². The van der Waals surface area contributed by atoms with Gasteiger partial charge in [0.15, 0.2) is 5.82 Å². The molecule has 2 aromatic rings. The molecule has 6 nitrogen and oxygen atoms in total. The molecule has 0 bridgehead atoms. The highest BCUT2D eigenvalue weighted by atomic mass is 16.1. The first kappa shape index (κ1) is 12.8. The number of piperidine rings is 1. The van der Waals surface area contributed by atoms with Gasteiger partial charge in [-0.25, -0.2) is 15.0 Å². The third-order valence-corrected chi connectivity index (χ3v) is 3.67. The van der Waals surface area contributed by atoms with Gasteiger partial charge in [-0.1, -0.05) is 0 Å². The molecule has 3 heterocycles. The van der Waals surface area contributed by atoms with Crippen molar-refractivity contribution in [3.63, 3.8) is 0 Å². The van der Waals surface area contributed by atoms with Crippen molar-refractivity contribution in [2.45, 2.75) is 12.8 Å². The maximum absolute atomic E-state index is 12.5. The first-order valence-corrected chi connectivity index (χ1v) is 6.79. The summed E-state index contributed by atoms with van der Waals surface area (Å²) in [4.78, 5) is 27.3. The van der Waals surface area contributed by atoms with Crippen molar-refractivity contribution in [2.24, 2.45) is 13.0 Å². The Morgan fingerprint density at radius 3 is 2.75 bits per heavy atom. The third-order valence-electron chi connectivity index (χ3n) is 3.67. The minimum Gasteiger partial charge on any atom is -0.340 e. The molecular formula is C14H17N5O. The quantitative estimate of drug-likeness (QED) is 0.788. The molecule has 0 radical (unpaired) electrons. The van der Waals surface area contributed by atoms with Crippen LogP contribution >= 0.6 is 0 Å². The third kappa shape index (κ3) is 2.41. The number of nitrogens with zero attached hydrogens (tertiary/aromatic N) is 5. The lowest BCUT2D eigenvalue weighted by Crippen LogP contribution is -2.40. The van der Waals surface area contributed by atoms with Crippen LogP contribution in [0, 0.1) is 5.92 Å². The SMILES string of the molecule is Cn1ccnc1C(=O)[C@@H]1CCCN(c2ncccn2)C1. The van der Waals surface area contributed by atoms with Gasteiger partial charge in [0.2, 0.25) is 11.7 Å². The van der Waals surface area contributed by atoms with Gasteiger partial charge in [0.1, 0.15) is 0 Å². The Labute approximate surface area is 117 Å². The fourth-order valence-electron chi connectivity index (χ4n) is 2.61. The van der Waals surface area contributed by atoms with E-state index in [4.69, 9.17) is 0 Å². The van der Waals surface area contributed by atoms with Crippen molar-refractivity contribution in [2.75, 3.05) is 18.0 Å². The van der Waals surface area contributed by atoms with Gasteiger partial charge in [0.25, 0.3) is 0 Å². The second-order valence-corrected chi connectivity index (χ2v) is 5.06. The number of hydrogen-bond donors (Lipinski definition) is 0. The Kier molecular flexibility index (Phi) is 3.45. The predicted octanol–water partition coefficient (Wildman–Crippen LogP) is 1.31. The first-order chi connectivity index (χ1) is 9.75. The zero-order chi connectivity index (χ0) is 13.9. The largest absolute Gasteiger partial charge is 0.340 e. The molecule has 1 fully saturated rings. The van der Waals surface area contributed by atoms with Crippen LogP contribution in [0.2, 0.25) is 0 Å². The van der Waals surface area contributed by atoms with E-state index in [1.54, 1.807) is 35.4 Å². The van der Waals surface area contributed by atoms with E-state index in [9.17, 15) is 4.79 Å². The minimum absolute atomic E-state index is 0.0337. The molecule has 0 saturated carbocycles. The Morgan fingerprint density at radius 1 is 1.25 bits per heavy atom. The number of aromatic nitrogens is 4. The standard InChI is InChI=1S/C14H17N5O/c1-18-9-7-15-13(18)12(20)11-4-2-8-19(10-11)14-16-5-3-6-17-14/h3,5-7,9,11H,2,4,8,10H2,1H3/t11-/m1/s1. The molecule has 1 atom stereocenters. The molecule has 3 rings (SSSR count). The highest BCUT2D eigenvalue weighted by Crippen LogP contribution is 2.22. The summed E-state index contributed by atoms with van der Waals surface area (Å²) < 4.78 is 1.78. The molecule has 104 valence electrons. The maximum atomic E-state index is 12.5. The Hall–Kier alpha value is -2.24. The number of ketones is 1. The van der Waals surface area contributed by atoms with Crippen LogP contribution in [0.25, 0.3) is 0 Å². The number of carbonyl (C=O) groups excluding carboxylic acids is 1. The number of carbonyl (C=O) groups is 1. The monoisotopic (exact) mass is 271 g/mol. The summed E-state index contributed by atoms with van der Waals surface area (Å²) in [6.45, 7) is 1.56. The molecule has 0 unspecified atom stereocenters. The predicted molar refractivity (Wildman–Crippen MR) is 74.5 cm³/mol. The Balaban J connectivity index is 1.76. The van der Waals surface area contributed by atoms with Gasteiger partial charge >= 0.3 is 0 Å². The van der Waals surface area contributed by atoms with Gasteiger partial charge in [0.05, 0.1) is 0 Å². The molecule has 1 aliphatic heterocycles. The van der Waals surface area contributed by atoms with E-state index in [1.807, 2.05) is 7.05 Å². The van der Waals surface area contributed by atoms with Crippen molar-refractivity contribution in [3.05, 3.63) is 36.7 Å². The molecule has 6 heteroatoms. The fourth-order valence-corrected chi connectivity index (χ4v) is 2.61. The van der Waals surface area contributed by atoms with Gasteiger partial charge < -0.3 is 9.47 Å². The highest BCUT2D eigenvalue weighted by Gasteiger charge is 2.29. The van der Waals surface area contributed by atoms with Crippen molar-refractivity contribution < 1.29 is 4.79 Å². The molecule has 20 heavy (non-hydrogen) atoms. The lowest BCUT2D eigenvalue weighted by Gasteiger charge is -2.31. The van der Waals surface area contributed by atoms with Crippen LogP contribution < -0.4 is 4.90 Å². The number of hydrogen-bond acceptors (Lipinski definition) is 5. The zero-order valence-corrected chi connectivity index (χ0v) is 11.4. The van der Waals surface area contributed by atoms with E-state index in [2.05, 4.69) is 19.9 Å². The van der Waals surface area contributed by atoms with E-state index < -0.39 is 0 Å². The normalized spacial score (nSPS) is 19.1. The van der Waals surface area contributed by atoms with Crippen LogP contribution in [0.15, 0.2) is 30.9 Å². The summed E-state index contributed by atoms with van der Waals surface area (Å²) >= 11 is 0. The van der Waals surface area contributed by atoms with Crippen molar-refractivity contribution in [1.29, 1.82) is 0 Å². The van der Waals surface area contributed by atoms with Crippen LogP contribution in [0.4, 0.5) is 5.95 Å². The lowest BCUT2D eigenvalue weighted by molar-refractivity contribution is 0.0893. The van der Waals surface area contributed by atoms with Crippen LogP contribution in [0.3, 0.4) is 0 Å². The van der Waals surface area contributed by atoms with Crippen molar-refractivity contribution >= 4 is 11.7 Å². The molecule has 2 aromatic heterocycles.